The van der Waals surface area contributed by atoms with Gasteiger partial charge in [-0.25, -0.2) is 0 Å². The maximum absolute atomic E-state index is 5.77. The highest BCUT2D eigenvalue weighted by Gasteiger charge is 2.22. The van der Waals surface area contributed by atoms with Gasteiger partial charge in [-0.05, 0) is 17.9 Å². The van der Waals surface area contributed by atoms with E-state index in [9.17, 15) is 0 Å². The standard InChI is InChI=1S/C13H19O2.BrH.Mg/c1-10-6-7-12(15-9-14-5)11(8-10)13(2,3)4;;/h6,8H,9H2,1-5H3;1H;/q;;+1/p-1. The van der Waals surface area contributed by atoms with Gasteiger partial charge >= 0.3 is 18.2 Å². The molecule has 0 bridgehead atoms. The lowest BCUT2D eigenvalue weighted by molar-refractivity contribution is 0.0506. The van der Waals surface area contributed by atoms with Crippen molar-refractivity contribution in [3.63, 3.8) is 0 Å². The summed E-state index contributed by atoms with van der Waals surface area (Å²) in [4.78, 5) is 0. The number of hydrogen-bond acceptors (Lipinski definition) is 2. The molecule has 0 aromatic heterocycles. The Morgan fingerprint density at radius 1 is 1.29 bits per heavy atom. The van der Waals surface area contributed by atoms with E-state index in [0.717, 1.165) is 5.75 Å². The molecular weight excluding hydrogens is 292 g/mol. The molecule has 0 saturated carbocycles. The van der Waals surface area contributed by atoms with Crippen molar-refractivity contribution in [2.75, 3.05) is 13.9 Å². The molecule has 0 fully saturated rings. The summed E-state index contributed by atoms with van der Waals surface area (Å²) in [6.07, 6.45) is 0. The van der Waals surface area contributed by atoms with Gasteiger partial charge in [-0.1, -0.05) is 38.5 Å². The summed E-state index contributed by atoms with van der Waals surface area (Å²) in [6, 6.07) is 4.42. The Kier molecular flexibility index (Phi) is 5.76. The predicted molar refractivity (Wildman–Crippen MR) is 76.7 cm³/mol. The number of halogens is 1. The molecule has 0 spiro atoms. The molecule has 0 atom stereocenters. The highest BCUT2D eigenvalue weighted by atomic mass is 79.9. The van der Waals surface area contributed by atoms with Crippen molar-refractivity contribution in [3.8, 4) is 5.75 Å². The zero-order valence-corrected chi connectivity index (χ0v) is 14.3. The lowest BCUT2D eigenvalue weighted by Crippen LogP contribution is -2.23. The smallest absolute Gasteiger partial charge is 0.470 e. The summed E-state index contributed by atoms with van der Waals surface area (Å²) >= 11 is 3.22. The van der Waals surface area contributed by atoms with Gasteiger partial charge < -0.3 is 9.47 Å². The van der Waals surface area contributed by atoms with E-state index in [-0.39, 0.29) is 5.41 Å². The Morgan fingerprint density at radius 2 is 1.94 bits per heavy atom. The van der Waals surface area contributed by atoms with Crippen LogP contribution in [0.2, 0.25) is 0 Å². The first-order valence-electron chi connectivity index (χ1n) is 5.72. The molecule has 1 rings (SSSR count). The fraction of sp³-hybridized carbons (Fsp3) is 0.538. The quantitative estimate of drug-likeness (QED) is 0.629. The Morgan fingerprint density at radius 3 is 2.41 bits per heavy atom. The third-order valence-corrected chi connectivity index (χ3v) is 5.21. The zero-order valence-electron chi connectivity index (χ0n) is 11.3. The van der Waals surface area contributed by atoms with Crippen molar-refractivity contribution >= 4 is 34.8 Å². The van der Waals surface area contributed by atoms with Gasteiger partial charge in [0.25, 0.3) is 0 Å². The largest absolute Gasteiger partial charge is 0.512 e. The molecule has 0 saturated heterocycles. The van der Waals surface area contributed by atoms with E-state index in [1.165, 1.54) is 14.8 Å². The first-order chi connectivity index (χ1) is 7.90. The summed E-state index contributed by atoms with van der Waals surface area (Å²) < 4.78 is 12.1. The molecule has 0 unspecified atom stereocenters. The molecule has 0 aliphatic carbocycles. The van der Waals surface area contributed by atoms with Crippen LogP contribution in [0.4, 0.5) is 0 Å². The van der Waals surface area contributed by atoms with Crippen LogP contribution in [0.1, 0.15) is 31.9 Å². The topological polar surface area (TPSA) is 18.5 Å². The van der Waals surface area contributed by atoms with Gasteiger partial charge in [-0.2, -0.15) is 0 Å². The molecule has 0 aliphatic heterocycles. The summed E-state index contributed by atoms with van der Waals surface area (Å²) in [5.41, 5.74) is 2.64. The molecular formula is C13H19BrMgO2. The van der Waals surface area contributed by atoms with Gasteiger partial charge in [-0.15, -0.1) is 3.69 Å². The molecule has 0 heterocycles. The van der Waals surface area contributed by atoms with E-state index in [2.05, 4.69) is 52.7 Å². The van der Waals surface area contributed by atoms with Crippen molar-refractivity contribution < 1.29 is 9.47 Å². The van der Waals surface area contributed by atoms with Gasteiger partial charge in [0.15, 0.2) is 6.79 Å². The van der Waals surface area contributed by atoms with Gasteiger partial charge in [0.05, 0.1) is 0 Å². The van der Waals surface area contributed by atoms with Crippen molar-refractivity contribution in [1.82, 2.24) is 0 Å². The molecule has 1 aromatic carbocycles. The molecule has 17 heavy (non-hydrogen) atoms. The molecule has 0 N–H and O–H groups in total. The monoisotopic (exact) mass is 310 g/mol. The Balaban J connectivity index is 3.28. The molecule has 1 aromatic rings. The van der Waals surface area contributed by atoms with Crippen molar-refractivity contribution in [2.24, 2.45) is 0 Å². The van der Waals surface area contributed by atoms with E-state index in [1.807, 2.05) is 0 Å². The highest BCUT2D eigenvalue weighted by molar-refractivity contribution is 9.23. The summed E-state index contributed by atoms with van der Waals surface area (Å²) in [5.74, 6) is 1.01. The van der Waals surface area contributed by atoms with Crippen molar-refractivity contribution in [3.05, 3.63) is 23.3 Å². The lowest BCUT2D eigenvalue weighted by atomic mass is 9.85. The second-order valence-corrected chi connectivity index (χ2v) is 7.95. The third kappa shape index (κ3) is 4.12. The summed E-state index contributed by atoms with van der Waals surface area (Å²) in [7, 11) is 1.65. The number of rotatable bonds is 4. The van der Waals surface area contributed by atoms with Gasteiger partial charge in [0.2, 0.25) is 0 Å². The third-order valence-electron chi connectivity index (χ3n) is 2.58. The molecule has 0 radical (unpaired) electrons. The maximum Gasteiger partial charge on any atom is 0.512 e. The first-order valence-corrected chi connectivity index (χ1v) is 10.3. The SMILES string of the molecule is COCOc1[c]([Mg][Br])cc(C)cc1C(C)(C)C. The minimum atomic E-state index is -0.434. The van der Waals surface area contributed by atoms with Crippen LogP contribution < -0.4 is 8.43 Å². The van der Waals surface area contributed by atoms with E-state index in [4.69, 9.17) is 9.47 Å². The van der Waals surface area contributed by atoms with Crippen LogP contribution in [0.3, 0.4) is 0 Å². The highest BCUT2D eigenvalue weighted by Crippen LogP contribution is 2.31. The summed E-state index contributed by atoms with van der Waals surface area (Å²) in [5, 5.41) is 0. The molecule has 0 aliphatic rings. The number of methoxy groups -OCH3 is 1. The van der Waals surface area contributed by atoms with Crippen molar-refractivity contribution in [2.45, 2.75) is 33.1 Å². The Labute approximate surface area is 120 Å². The summed E-state index contributed by atoms with van der Waals surface area (Å²) in [6.45, 7) is 9.07. The number of ether oxygens (including phenoxy) is 2. The van der Waals surface area contributed by atoms with Crippen LogP contribution >= 0.6 is 12.9 Å². The zero-order chi connectivity index (χ0) is 13.1. The van der Waals surface area contributed by atoms with E-state index >= 15 is 0 Å². The molecule has 2 nitrogen and oxygen atoms in total. The fourth-order valence-electron chi connectivity index (χ4n) is 1.79. The second kappa shape index (κ2) is 6.41. The number of hydrogen-bond donors (Lipinski definition) is 0. The lowest BCUT2D eigenvalue weighted by Gasteiger charge is -2.25. The van der Waals surface area contributed by atoms with Crippen LogP contribution in [0.5, 0.6) is 5.75 Å². The first kappa shape index (κ1) is 15.3. The Hall–Kier alpha value is 0.226. The van der Waals surface area contributed by atoms with Crippen molar-refractivity contribution in [1.29, 1.82) is 0 Å². The molecule has 0 amide bonds. The maximum atomic E-state index is 5.77. The van der Waals surface area contributed by atoms with Crippen LogP contribution in [0.25, 0.3) is 0 Å². The van der Waals surface area contributed by atoms with Crippen LogP contribution in [-0.4, -0.2) is 32.1 Å². The number of benzene rings is 1. The molecule has 92 valence electrons. The van der Waals surface area contributed by atoms with E-state index in [1.54, 1.807) is 7.11 Å². The van der Waals surface area contributed by atoms with Gasteiger partial charge in [0, 0.05) is 7.11 Å². The van der Waals surface area contributed by atoms with Gasteiger partial charge in [0.1, 0.15) is 5.75 Å². The van der Waals surface area contributed by atoms with Crippen LogP contribution in [0, 0.1) is 6.92 Å². The van der Waals surface area contributed by atoms with Crippen LogP contribution in [0.15, 0.2) is 12.1 Å². The minimum Gasteiger partial charge on any atom is -0.470 e. The van der Waals surface area contributed by atoms with E-state index < -0.39 is 18.2 Å². The predicted octanol–water partition coefficient (Wildman–Crippen LogP) is 2.91. The minimum absolute atomic E-state index is 0.0837. The molecule has 4 heteroatoms. The van der Waals surface area contributed by atoms with Crippen LogP contribution in [-0.2, 0) is 10.2 Å². The second-order valence-electron chi connectivity index (χ2n) is 5.24. The van der Waals surface area contributed by atoms with Gasteiger partial charge in [-0.3, -0.25) is 12.9 Å². The van der Waals surface area contributed by atoms with E-state index in [0.29, 0.717) is 6.79 Å². The average Bonchev–Trinajstić information content (AvgIpc) is 2.25. The fourth-order valence-corrected chi connectivity index (χ4v) is 3.86. The number of aryl methyl sites for hydroxylation is 1. The average molecular weight is 312 g/mol. The Bertz CT molecular complexity index is 386. The normalized spacial score (nSPS) is 11.2.